The first-order chi connectivity index (χ1) is 10.6. The molecular formula is C16H24IN3O2. The zero-order valence-corrected chi connectivity index (χ0v) is 14.9. The van der Waals surface area contributed by atoms with Crippen molar-refractivity contribution < 1.29 is 9.84 Å². The molecule has 5 nitrogen and oxygen atoms in total. The third-order valence-electron chi connectivity index (χ3n) is 3.65. The average Bonchev–Trinajstić information content (AvgIpc) is 2.81. The molecule has 122 valence electrons. The lowest BCUT2D eigenvalue weighted by atomic mass is 10.2. The molecule has 0 amide bonds. The van der Waals surface area contributed by atoms with Crippen LogP contribution in [0, 0.1) is 3.57 Å². The van der Waals surface area contributed by atoms with Gasteiger partial charge in [-0.2, -0.15) is 0 Å². The van der Waals surface area contributed by atoms with Crippen LogP contribution in [0.2, 0.25) is 0 Å². The predicted molar refractivity (Wildman–Crippen MR) is 97.2 cm³/mol. The van der Waals surface area contributed by atoms with Gasteiger partial charge in [-0.1, -0.05) is 12.8 Å². The highest BCUT2D eigenvalue weighted by Gasteiger charge is 2.12. The average molecular weight is 417 g/mol. The van der Waals surface area contributed by atoms with Gasteiger partial charge in [0.25, 0.3) is 0 Å². The Morgan fingerprint density at radius 1 is 1.23 bits per heavy atom. The maximum atomic E-state index is 9.96. The third-order valence-corrected chi connectivity index (χ3v) is 4.37. The van der Waals surface area contributed by atoms with Gasteiger partial charge >= 0.3 is 0 Å². The van der Waals surface area contributed by atoms with Crippen molar-refractivity contribution in [2.24, 2.45) is 10.7 Å². The van der Waals surface area contributed by atoms with Crippen LogP contribution < -0.4 is 10.5 Å². The summed E-state index contributed by atoms with van der Waals surface area (Å²) in [7, 11) is 0. The Bertz CT molecular complexity index is 471. The number of aliphatic imine (C=N–C) groups is 1. The van der Waals surface area contributed by atoms with Gasteiger partial charge in [-0.25, -0.2) is 0 Å². The first kappa shape index (κ1) is 17.3. The highest BCUT2D eigenvalue weighted by molar-refractivity contribution is 14.1. The van der Waals surface area contributed by atoms with Crippen LogP contribution in [0.15, 0.2) is 29.3 Å². The largest absolute Gasteiger partial charge is 0.491 e. The minimum Gasteiger partial charge on any atom is -0.491 e. The van der Waals surface area contributed by atoms with Gasteiger partial charge in [0, 0.05) is 16.7 Å². The van der Waals surface area contributed by atoms with Gasteiger partial charge in [0.15, 0.2) is 5.96 Å². The number of nitrogens with zero attached hydrogens (tertiary/aromatic N) is 2. The molecule has 1 fully saturated rings. The quantitative estimate of drug-likeness (QED) is 0.438. The van der Waals surface area contributed by atoms with E-state index in [0.717, 1.165) is 35.3 Å². The van der Waals surface area contributed by atoms with Gasteiger partial charge in [0.1, 0.15) is 18.5 Å². The van der Waals surface area contributed by atoms with Crippen molar-refractivity contribution in [3.05, 3.63) is 27.8 Å². The fourth-order valence-electron chi connectivity index (χ4n) is 2.37. The molecule has 1 aromatic carbocycles. The fraction of sp³-hybridized carbons (Fsp3) is 0.562. The second-order valence-electron chi connectivity index (χ2n) is 5.52. The van der Waals surface area contributed by atoms with Crippen molar-refractivity contribution in [3.8, 4) is 5.75 Å². The molecule has 1 saturated heterocycles. The van der Waals surface area contributed by atoms with E-state index in [2.05, 4.69) is 32.5 Å². The van der Waals surface area contributed by atoms with Crippen LogP contribution >= 0.6 is 22.6 Å². The van der Waals surface area contributed by atoms with E-state index >= 15 is 0 Å². The maximum Gasteiger partial charge on any atom is 0.191 e. The third kappa shape index (κ3) is 6.00. The number of guanidine groups is 1. The lowest BCUT2D eigenvalue weighted by molar-refractivity contribution is 0.114. The topological polar surface area (TPSA) is 71.1 Å². The molecule has 0 spiro atoms. The summed E-state index contributed by atoms with van der Waals surface area (Å²) in [5.74, 6) is 1.29. The normalized spacial score (nSPS) is 17.9. The van der Waals surface area contributed by atoms with Gasteiger partial charge in [-0.15, -0.1) is 0 Å². The predicted octanol–water partition coefficient (Wildman–Crippen LogP) is 2.22. The van der Waals surface area contributed by atoms with Gasteiger partial charge < -0.3 is 20.5 Å². The molecule has 3 N–H and O–H groups in total. The highest BCUT2D eigenvalue weighted by atomic mass is 127. The minimum absolute atomic E-state index is 0.220. The minimum atomic E-state index is -0.648. The Balaban J connectivity index is 1.74. The fourth-order valence-corrected chi connectivity index (χ4v) is 2.73. The van der Waals surface area contributed by atoms with Crippen molar-refractivity contribution in [2.75, 3.05) is 26.2 Å². The van der Waals surface area contributed by atoms with E-state index < -0.39 is 6.10 Å². The molecule has 1 unspecified atom stereocenters. The van der Waals surface area contributed by atoms with Crippen LogP contribution in [0.3, 0.4) is 0 Å². The number of aliphatic hydroxyl groups excluding tert-OH is 1. The highest BCUT2D eigenvalue weighted by Crippen LogP contribution is 2.13. The Morgan fingerprint density at radius 3 is 2.50 bits per heavy atom. The van der Waals surface area contributed by atoms with Gasteiger partial charge in [-0.3, -0.25) is 4.99 Å². The van der Waals surface area contributed by atoms with E-state index in [0.29, 0.717) is 5.96 Å². The number of ether oxygens (including phenoxy) is 1. The van der Waals surface area contributed by atoms with E-state index in [-0.39, 0.29) is 13.2 Å². The number of hydrogen-bond donors (Lipinski definition) is 2. The summed E-state index contributed by atoms with van der Waals surface area (Å²) in [5.41, 5.74) is 6.01. The molecule has 1 heterocycles. The van der Waals surface area contributed by atoms with Gasteiger partial charge in [0.2, 0.25) is 0 Å². The Kier molecular flexibility index (Phi) is 7.24. The molecule has 0 aliphatic carbocycles. The van der Waals surface area contributed by atoms with Crippen LogP contribution in [0.5, 0.6) is 5.75 Å². The molecule has 6 heteroatoms. The van der Waals surface area contributed by atoms with Crippen LogP contribution in [0.25, 0.3) is 0 Å². The van der Waals surface area contributed by atoms with E-state index in [9.17, 15) is 5.11 Å². The Morgan fingerprint density at radius 2 is 1.86 bits per heavy atom. The van der Waals surface area contributed by atoms with Crippen molar-refractivity contribution >= 4 is 28.6 Å². The molecule has 22 heavy (non-hydrogen) atoms. The number of hydrogen-bond acceptors (Lipinski definition) is 3. The molecule has 2 rings (SSSR count). The molecule has 1 atom stereocenters. The van der Waals surface area contributed by atoms with Crippen LogP contribution in [-0.4, -0.2) is 48.3 Å². The lowest BCUT2D eigenvalue weighted by Crippen LogP contribution is -2.38. The number of benzene rings is 1. The second-order valence-corrected chi connectivity index (χ2v) is 6.76. The molecule has 0 bridgehead atoms. The first-order valence-corrected chi connectivity index (χ1v) is 8.84. The Hall–Kier alpha value is -1.02. The first-order valence-electron chi connectivity index (χ1n) is 7.76. The van der Waals surface area contributed by atoms with E-state index in [1.807, 2.05) is 24.3 Å². The maximum absolute atomic E-state index is 9.96. The van der Waals surface area contributed by atoms with Crippen molar-refractivity contribution in [2.45, 2.75) is 31.8 Å². The number of likely N-dealkylation sites (tertiary alicyclic amines) is 1. The van der Waals surface area contributed by atoms with E-state index in [1.54, 1.807) is 0 Å². The summed E-state index contributed by atoms with van der Waals surface area (Å²) in [6.07, 6.45) is 4.19. The second kappa shape index (κ2) is 9.19. The van der Waals surface area contributed by atoms with Gasteiger partial charge in [0.05, 0.1) is 6.54 Å². The van der Waals surface area contributed by atoms with Crippen LogP contribution in [0.1, 0.15) is 25.7 Å². The molecule has 1 aromatic rings. The lowest BCUT2D eigenvalue weighted by Gasteiger charge is -2.21. The van der Waals surface area contributed by atoms with Crippen molar-refractivity contribution in [1.82, 2.24) is 4.90 Å². The Labute approximate surface area is 145 Å². The number of rotatable bonds is 5. The van der Waals surface area contributed by atoms with Crippen molar-refractivity contribution in [1.29, 1.82) is 0 Å². The summed E-state index contributed by atoms with van der Waals surface area (Å²) >= 11 is 2.24. The number of halogens is 1. The summed E-state index contributed by atoms with van der Waals surface area (Å²) in [6.45, 7) is 2.42. The summed E-state index contributed by atoms with van der Waals surface area (Å²) in [5, 5.41) is 9.96. The summed E-state index contributed by atoms with van der Waals surface area (Å²) in [4.78, 5) is 6.42. The molecule has 1 aliphatic rings. The van der Waals surface area contributed by atoms with E-state index in [1.165, 1.54) is 12.8 Å². The van der Waals surface area contributed by atoms with E-state index in [4.69, 9.17) is 10.5 Å². The smallest absolute Gasteiger partial charge is 0.191 e. The standard InChI is InChI=1S/C16H24IN3O2/c17-13-5-7-15(8-6-13)22-12-14(21)11-19-16(18)20-9-3-1-2-4-10-20/h5-8,14,21H,1-4,9-12H2,(H2,18,19). The number of nitrogens with two attached hydrogens (primary N) is 1. The van der Waals surface area contributed by atoms with Crippen molar-refractivity contribution in [3.63, 3.8) is 0 Å². The molecule has 0 radical (unpaired) electrons. The zero-order chi connectivity index (χ0) is 15.8. The molecular weight excluding hydrogens is 393 g/mol. The molecule has 1 aliphatic heterocycles. The summed E-state index contributed by atoms with van der Waals surface area (Å²) in [6, 6.07) is 7.72. The SMILES string of the molecule is NC(=NCC(O)COc1ccc(I)cc1)N1CCCCCC1. The van der Waals surface area contributed by atoms with Crippen LogP contribution in [-0.2, 0) is 0 Å². The molecule has 0 aromatic heterocycles. The number of aliphatic hydroxyl groups is 1. The molecule has 0 saturated carbocycles. The zero-order valence-electron chi connectivity index (χ0n) is 12.7. The van der Waals surface area contributed by atoms with Gasteiger partial charge in [-0.05, 0) is 59.7 Å². The summed E-state index contributed by atoms with van der Waals surface area (Å²) < 4.78 is 6.70. The van der Waals surface area contributed by atoms with Crippen LogP contribution in [0.4, 0.5) is 0 Å². The monoisotopic (exact) mass is 417 g/mol.